The van der Waals surface area contributed by atoms with E-state index >= 15 is 0 Å². The van der Waals surface area contributed by atoms with Crippen molar-refractivity contribution in [2.45, 2.75) is 32.6 Å². The largest absolute Gasteiger partial charge is 0.151 e. The maximum atomic E-state index is 3.18. The Labute approximate surface area is 78.6 Å². The molecule has 0 saturated heterocycles. The molecular formula is C11H14S. The third-order valence-corrected chi connectivity index (χ3v) is 2.34. The normalized spacial score (nSPS) is 9.08. The monoisotopic (exact) mass is 178 g/mol. The molecule has 0 aliphatic rings. The molecular weight excluding hydrogens is 164 g/mol. The summed E-state index contributed by atoms with van der Waals surface area (Å²) >= 11 is 1.71. The van der Waals surface area contributed by atoms with Crippen molar-refractivity contribution in [3.63, 3.8) is 0 Å². The number of hydrogen-bond donors (Lipinski definition) is 0. The Morgan fingerprint density at radius 2 is 2.33 bits per heavy atom. The van der Waals surface area contributed by atoms with E-state index < -0.39 is 0 Å². The molecule has 0 nitrogen and oxygen atoms in total. The summed E-state index contributed by atoms with van der Waals surface area (Å²) in [5.74, 6) is 6.32. The minimum atomic E-state index is 1.05. The summed E-state index contributed by atoms with van der Waals surface area (Å²) in [5, 5.41) is 4.16. The molecule has 0 fully saturated rings. The molecule has 64 valence electrons. The van der Waals surface area contributed by atoms with Crippen LogP contribution < -0.4 is 0 Å². The second kappa shape index (κ2) is 5.85. The van der Waals surface area contributed by atoms with E-state index in [0.717, 1.165) is 12.0 Å². The first-order valence-electron chi connectivity index (χ1n) is 4.44. The van der Waals surface area contributed by atoms with Gasteiger partial charge in [-0.2, -0.15) is 11.3 Å². The first kappa shape index (κ1) is 9.35. The van der Waals surface area contributed by atoms with E-state index in [-0.39, 0.29) is 0 Å². The van der Waals surface area contributed by atoms with E-state index in [1.54, 1.807) is 11.3 Å². The highest BCUT2D eigenvalue weighted by Gasteiger charge is 1.84. The van der Waals surface area contributed by atoms with Crippen molar-refractivity contribution in [1.82, 2.24) is 0 Å². The van der Waals surface area contributed by atoms with Gasteiger partial charge in [0.15, 0.2) is 0 Å². The molecule has 1 aromatic rings. The molecule has 0 atom stereocenters. The lowest BCUT2D eigenvalue weighted by Gasteiger charge is -1.87. The molecule has 1 heteroatoms. The first-order valence-corrected chi connectivity index (χ1v) is 5.39. The van der Waals surface area contributed by atoms with Gasteiger partial charge < -0.3 is 0 Å². The molecule has 0 aromatic carbocycles. The van der Waals surface area contributed by atoms with Crippen molar-refractivity contribution >= 4 is 11.3 Å². The Hall–Kier alpha value is -0.740. The molecule has 0 unspecified atom stereocenters. The zero-order valence-electron chi connectivity index (χ0n) is 7.47. The number of thiophene rings is 1. The highest BCUT2D eigenvalue weighted by atomic mass is 32.1. The number of rotatable bonds is 3. The van der Waals surface area contributed by atoms with E-state index in [2.05, 4.69) is 35.6 Å². The Balaban J connectivity index is 2.21. The van der Waals surface area contributed by atoms with Gasteiger partial charge in [0.25, 0.3) is 0 Å². The van der Waals surface area contributed by atoms with Crippen LogP contribution in [0.2, 0.25) is 0 Å². The van der Waals surface area contributed by atoms with E-state index in [1.165, 1.54) is 19.3 Å². The third-order valence-electron chi connectivity index (χ3n) is 1.66. The molecule has 1 rings (SSSR count). The number of hydrogen-bond acceptors (Lipinski definition) is 1. The van der Waals surface area contributed by atoms with Gasteiger partial charge in [0.2, 0.25) is 0 Å². The summed E-state index contributed by atoms with van der Waals surface area (Å²) in [7, 11) is 0. The van der Waals surface area contributed by atoms with Crippen molar-refractivity contribution < 1.29 is 0 Å². The van der Waals surface area contributed by atoms with Gasteiger partial charge in [-0.25, -0.2) is 0 Å². The molecule has 12 heavy (non-hydrogen) atoms. The molecule has 1 aromatic heterocycles. The van der Waals surface area contributed by atoms with Crippen LogP contribution in [0.3, 0.4) is 0 Å². The smallest absolute Gasteiger partial charge is 0.0352 e. The third kappa shape index (κ3) is 3.59. The molecule has 0 aliphatic carbocycles. The minimum Gasteiger partial charge on any atom is -0.151 e. The summed E-state index contributed by atoms with van der Waals surface area (Å²) in [4.78, 5) is 0. The highest BCUT2D eigenvalue weighted by molar-refractivity contribution is 7.08. The van der Waals surface area contributed by atoms with Crippen molar-refractivity contribution in [1.29, 1.82) is 0 Å². The van der Waals surface area contributed by atoms with Crippen LogP contribution >= 0.6 is 11.3 Å². The van der Waals surface area contributed by atoms with Gasteiger partial charge in [-0.05, 0) is 17.9 Å². The van der Waals surface area contributed by atoms with E-state index in [9.17, 15) is 0 Å². The maximum Gasteiger partial charge on any atom is 0.0352 e. The summed E-state index contributed by atoms with van der Waals surface area (Å²) in [6.07, 6.45) is 4.87. The SMILES string of the molecule is CCCCCC#Cc1ccsc1. The van der Waals surface area contributed by atoms with Gasteiger partial charge in [-0.15, -0.1) is 0 Å². The quantitative estimate of drug-likeness (QED) is 0.489. The number of unbranched alkanes of at least 4 members (excludes halogenated alkanes) is 3. The topological polar surface area (TPSA) is 0 Å². The van der Waals surface area contributed by atoms with Gasteiger partial charge in [0, 0.05) is 17.4 Å². The lowest BCUT2D eigenvalue weighted by molar-refractivity contribution is 0.737. The lowest BCUT2D eigenvalue weighted by Crippen LogP contribution is -1.71. The fraction of sp³-hybridized carbons (Fsp3) is 0.455. The fourth-order valence-corrected chi connectivity index (χ4v) is 1.55. The molecule has 0 N–H and O–H groups in total. The van der Waals surface area contributed by atoms with Crippen LogP contribution in [0.1, 0.15) is 38.2 Å². The van der Waals surface area contributed by atoms with Crippen molar-refractivity contribution in [3.8, 4) is 11.8 Å². The van der Waals surface area contributed by atoms with Gasteiger partial charge in [-0.1, -0.05) is 31.6 Å². The second-order valence-electron chi connectivity index (χ2n) is 2.77. The predicted octanol–water partition coefficient (Wildman–Crippen LogP) is 3.68. The average Bonchev–Trinajstić information content (AvgIpc) is 2.57. The predicted molar refractivity (Wildman–Crippen MR) is 55.3 cm³/mol. The lowest BCUT2D eigenvalue weighted by atomic mass is 10.2. The van der Waals surface area contributed by atoms with Crippen LogP contribution in [0.4, 0.5) is 0 Å². The van der Waals surface area contributed by atoms with Gasteiger partial charge >= 0.3 is 0 Å². The van der Waals surface area contributed by atoms with Crippen LogP contribution in [0.25, 0.3) is 0 Å². The van der Waals surface area contributed by atoms with Crippen molar-refractivity contribution in [2.24, 2.45) is 0 Å². The average molecular weight is 178 g/mol. The first-order chi connectivity index (χ1) is 5.93. The summed E-state index contributed by atoms with van der Waals surface area (Å²) in [6, 6.07) is 2.07. The highest BCUT2D eigenvalue weighted by Crippen LogP contribution is 2.04. The maximum absolute atomic E-state index is 3.18. The zero-order chi connectivity index (χ0) is 8.65. The molecule has 0 bridgehead atoms. The fourth-order valence-electron chi connectivity index (χ4n) is 0.964. The molecule has 0 aliphatic heterocycles. The zero-order valence-corrected chi connectivity index (χ0v) is 8.29. The Bertz CT molecular complexity index is 248. The van der Waals surface area contributed by atoms with E-state index in [1.807, 2.05) is 0 Å². The van der Waals surface area contributed by atoms with Gasteiger partial charge in [0.05, 0.1) is 0 Å². The van der Waals surface area contributed by atoms with Crippen LogP contribution in [-0.4, -0.2) is 0 Å². The van der Waals surface area contributed by atoms with Crippen LogP contribution in [0, 0.1) is 11.8 Å². The molecule has 0 radical (unpaired) electrons. The van der Waals surface area contributed by atoms with E-state index in [4.69, 9.17) is 0 Å². The standard InChI is InChI=1S/C11H14S/c1-2-3-4-5-6-7-11-8-9-12-10-11/h8-10H,2-5H2,1H3. The Kier molecular flexibility index (Phi) is 4.56. The molecule has 0 spiro atoms. The Morgan fingerprint density at radius 3 is 3.00 bits per heavy atom. The molecule has 0 amide bonds. The second-order valence-corrected chi connectivity index (χ2v) is 3.55. The van der Waals surface area contributed by atoms with Gasteiger partial charge in [-0.3, -0.25) is 0 Å². The molecule has 1 heterocycles. The summed E-state index contributed by atoms with van der Waals surface area (Å²) in [5.41, 5.74) is 1.16. The summed E-state index contributed by atoms with van der Waals surface area (Å²) in [6.45, 7) is 2.21. The minimum absolute atomic E-state index is 1.05. The van der Waals surface area contributed by atoms with E-state index in [0.29, 0.717) is 0 Å². The van der Waals surface area contributed by atoms with Crippen LogP contribution in [-0.2, 0) is 0 Å². The van der Waals surface area contributed by atoms with Crippen molar-refractivity contribution in [2.75, 3.05) is 0 Å². The van der Waals surface area contributed by atoms with Gasteiger partial charge in [0.1, 0.15) is 0 Å². The van der Waals surface area contributed by atoms with Crippen molar-refractivity contribution in [3.05, 3.63) is 22.4 Å². The Morgan fingerprint density at radius 1 is 1.42 bits per heavy atom. The molecule has 0 saturated carbocycles. The van der Waals surface area contributed by atoms with Crippen LogP contribution in [0.15, 0.2) is 16.8 Å². The van der Waals surface area contributed by atoms with Crippen LogP contribution in [0.5, 0.6) is 0 Å². The summed E-state index contributed by atoms with van der Waals surface area (Å²) < 4.78 is 0.